The molecule has 0 aliphatic carbocycles. The Morgan fingerprint density at radius 1 is 1.23 bits per heavy atom. The number of nitrogens with zero attached hydrogens (tertiary/aromatic N) is 2. The number of aryl methyl sites for hydroxylation is 1. The van der Waals surface area contributed by atoms with E-state index >= 15 is 0 Å². The molecule has 2 saturated heterocycles. The summed E-state index contributed by atoms with van der Waals surface area (Å²) in [5.41, 5.74) is 0.892. The Hall–Kier alpha value is -2.48. The Morgan fingerprint density at radius 2 is 1.92 bits per heavy atom. The lowest BCUT2D eigenvalue weighted by Gasteiger charge is -2.35. The minimum Gasteiger partial charge on any atom is -0.481 e. The number of carboxylic acid groups (broad SMARTS) is 1. The Morgan fingerprint density at radius 3 is 2.54 bits per heavy atom. The van der Waals surface area contributed by atoms with Gasteiger partial charge in [-0.05, 0) is 43.7 Å². The van der Waals surface area contributed by atoms with E-state index < -0.39 is 16.8 Å². The van der Waals surface area contributed by atoms with E-state index in [4.69, 9.17) is 4.74 Å². The van der Waals surface area contributed by atoms with Gasteiger partial charge in [0.05, 0.1) is 16.9 Å². The molecule has 0 saturated carbocycles. The van der Waals surface area contributed by atoms with Crippen LogP contribution in [0.4, 0.5) is 5.69 Å². The van der Waals surface area contributed by atoms with Crippen molar-refractivity contribution in [3.63, 3.8) is 0 Å². The number of carboxylic acids is 1. The van der Waals surface area contributed by atoms with Gasteiger partial charge >= 0.3 is 5.97 Å². The van der Waals surface area contributed by atoms with Crippen LogP contribution in [0.3, 0.4) is 0 Å². The van der Waals surface area contributed by atoms with Gasteiger partial charge in [0.25, 0.3) is 11.6 Å². The Labute approximate surface area is 150 Å². The number of ether oxygens (including phenoxy) is 1. The SMILES string of the molecule is Cc1cc(C(=O)N2CCC([C@@H]3OCCC3C(=O)O)CC2)cc([N+](=O)[O-])c1. The van der Waals surface area contributed by atoms with Crippen LogP contribution in [0, 0.1) is 28.9 Å². The highest BCUT2D eigenvalue weighted by molar-refractivity contribution is 5.95. The zero-order valence-corrected chi connectivity index (χ0v) is 14.6. The molecule has 2 aliphatic rings. The van der Waals surface area contributed by atoms with Gasteiger partial charge < -0.3 is 14.7 Å². The summed E-state index contributed by atoms with van der Waals surface area (Å²) in [5.74, 6) is -1.40. The number of hydrogen-bond donors (Lipinski definition) is 1. The molecule has 0 spiro atoms. The maximum absolute atomic E-state index is 12.7. The molecular weight excluding hydrogens is 340 g/mol. The smallest absolute Gasteiger partial charge is 0.309 e. The number of nitro benzene ring substituents is 1. The lowest BCUT2D eigenvalue weighted by atomic mass is 9.84. The lowest BCUT2D eigenvalue weighted by molar-refractivity contribution is -0.384. The summed E-state index contributed by atoms with van der Waals surface area (Å²) in [6.45, 7) is 3.18. The van der Waals surface area contributed by atoms with Crippen molar-refractivity contribution in [3.05, 3.63) is 39.4 Å². The van der Waals surface area contributed by atoms with Crippen molar-refractivity contribution in [2.75, 3.05) is 19.7 Å². The monoisotopic (exact) mass is 362 g/mol. The lowest BCUT2D eigenvalue weighted by Crippen LogP contribution is -2.43. The largest absolute Gasteiger partial charge is 0.481 e. The molecule has 0 bridgehead atoms. The van der Waals surface area contributed by atoms with Gasteiger partial charge in [0.2, 0.25) is 0 Å². The Kier molecular flexibility index (Phi) is 5.22. The average Bonchev–Trinajstić information content (AvgIpc) is 3.10. The number of piperidine rings is 1. The highest BCUT2D eigenvalue weighted by atomic mass is 16.6. The number of carbonyl (C=O) groups excluding carboxylic acids is 1. The molecule has 1 N–H and O–H groups in total. The number of hydrogen-bond acceptors (Lipinski definition) is 5. The van der Waals surface area contributed by atoms with Crippen LogP contribution in [0.25, 0.3) is 0 Å². The molecule has 2 heterocycles. The molecule has 0 radical (unpaired) electrons. The van der Waals surface area contributed by atoms with Crippen LogP contribution in [0.1, 0.15) is 35.2 Å². The van der Waals surface area contributed by atoms with E-state index in [0.29, 0.717) is 50.1 Å². The fourth-order valence-electron chi connectivity index (χ4n) is 3.95. The average molecular weight is 362 g/mol. The van der Waals surface area contributed by atoms with Gasteiger partial charge in [-0.2, -0.15) is 0 Å². The number of benzene rings is 1. The summed E-state index contributed by atoms with van der Waals surface area (Å²) in [7, 11) is 0. The molecule has 2 aliphatic heterocycles. The first-order chi connectivity index (χ1) is 12.4. The van der Waals surface area contributed by atoms with Crippen molar-refractivity contribution in [3.8, 4) is 0 Å². The van der Waals surface area contributed by atoms with Gasteiger partial charge in [0, 0.05) is 37.4 Å². The second-order valence-electron chi connectivity index (χ2n) is 7.01. The molecule has 3 rings (SSSR count). The van der Waals surface area contributed by atoms with Gasteiger partial charge in [-0.25, -0.2) is 0 Å². The van der Waals surface area contributed by atoms with Crippen molar-refractivity contribution in [2.45, 2.75) is 32.3 Å². The standard InChI is InChI=1S/C18H22N2O6/c1-11-8-13(10-14(9-11)20(24)25)17(21)19-5-2-12(3-6-19)16-15(18(22)23)4-7-26-16/h8-10,12,15-16H,2-7H2,1H3,(H,22,23)/t15?,16-/m0/s1. The molecule has 1 amide bonds. The van der Waals surface area contributed by atoms with Crippen LogP contribution in [0.2, 0.25) is 0 Å². The molecule has 2 fully saturated rings. The zero-order chi connectivity index (χ0) is 18.8. The molecule has 26 heavy (non-hydrogen) atoms. The topological polar surface area (TPSA) is 110 Å². The third-order valence-corrected chi connectivity index (χ3v) is 5.26. The molecule has 1 aromatic carbocycles. The van der Waals surface area contributed by atoms with Crippen molar-refractivity contribution in [1.29, 1.82) is 0 Å². The van der Waals surface area contributed by atoms with Crippen molar-refractivity contribution >= 4 is 17.6 Å². The zero-order valence-electron chi connectivity index (χ0n) is 14.6. The maximum atomic E-state index is 12.7. The number of non-ortho nitro benzene ring substituents is 1. The summed E-state index contributed by atoms with van der Waals surface area (Å²) in [5, 5.41) is 20.3. The van der Waals surface area contributed by atoms with Gasteiger partial charge in [0.1, 0.15) is 0 Å². The molecule has 140 valence electrons. The molecule has 1 aromatic rings. The number of likely N-dealkylation sites (tertiary alicyclic amines) is 1. The van der Waals surface area contributed by atoms with E-state index in [0.717, 1.165) is 0 Å². The van der Waals surface area contributed by atoms with Crippen LogP contribution >= 0.6 is 0 Å². The van der Waals surface area contributed by atoms with Gasteiger partial charge in [-0.3, -0.25) is 19.7 Å². The maximum Gasteiger partial charge on any atom is 0.309 e. The second kappa shape index (κ2) is 7.41. The molecule has 0 aromatic heterocycles. The number of amides is 1. The Bertz CT molecular complexity index is 726. The third-order valence-electron chi connectivity index (χ3n) is 5.26. The summed E-state index contributed by atoms with van der Waals surface area (Å²) >= 11 is 0. The number of rotatable bonds is 4. The number of aliphatic carboxylic acids is 1. The summed E-state index contributed by atoms with van der Waals surface area (Å²) in [6, 6.07) is 4.40. The number of nitro groups is 1. The van der Waals surface area contributed by atoms with Crippen molar-refractivity contribution in [2.24, 2.45) is 11.8 Å². The normalized spacial score (nSPS) is 23.8. The fourth-order valence-corrected chi connectivity index (χ4v) is 3.95. The Balaban J connectivity index is 1.66. The van der Waals surface area contributed by atoms with Crippen molar-refractivity contribution < 1.29 is 24.4 Å². The molecule has 8 nitrogen and oxygen atoms in total. The molecule has 8 heteroatoms. The summed E-state index contributed by atoms with van der Waals surface area (Å²) < 4.78 is 5.65. The first kappa shape index (κ1) is 18.3. The minimum absolute atomic E-state index is 0.0908. The van der Waals surface area contributed by atoms with Crippen LogP contribution in [-0.2, 0) is 9.53 Å². The van der Waals surface area contributed by atoms with E-state index in [1.165, 1.54) is 12.1 Å². The summed E-state index contributed by atoms with van der Waals surface area (Å²) in [4.78, 5) is 36.2. The minimum atomic E-state index is -0.821. The van der Waals surface area contributed by atoms with Crippen molar-refractivity contribution in [1.82, 2.24) is 4.90 Å². The highest BCUT2D eigenvalue weighted by Crippen LogP contribution is 2.33. The molecular formula is C18H22N2O6. The number of carbonyl (C=O) groups is 2. The van der Waals surface area contributed by atoms with E-state index in [1.54, 1.807) is 17.9 Å². The molecule has 2 atom stereocenters. The van der Waals surface area contributed by atoms with Crippen LogP contribution in [0.15, 0.2) is 18.2 Å². The highest BCUT2D eigenvalue weighted by Gasteiger charge is 2.40. The van der Waals surface area contributed by atoms with E-state index in [-0.39, 0.29) is 23.6 Å². The van der Waals surface area contributed by atoms with Gasteiger partial charge in [-0.1, -0.05) is 0 Å². The predicted molar refractivity (Wildman–Crippen MR) is 91.9 cm³/mol. The van der Waals surface area contributed by atoms with E-state index in [2.05, 4.69) is 0 Å². The van der Waals surface area contributed by atoms with Crippen LogP contribution in [-0.4, -0.2) is 52.6 Å². The van der Waals surface area contributed by atoms with Gasteiger partial charge in [-0.15, -0.1) is 0 Å². The first-order valence-electron chi connectivity index (χ1n) is 8.76. The molecule has 1 unspecified atom stereocenters. The van der Waals surface area contributed by atoms with E-state index in [9.17, 15) is 24.8 Å². The quantitative estimate of drug-likeness (QED) is 0.650. The van der Waals surface area contributed by atoms with Crippen LogP contribution < -0.4 is 0 Å². The first-order valence-corrected chi connectivity index (χ1v) is 8.76. The summed E-state index contributed by atoms with van der Waals surface area (Å²) in [6.07, 6.45) is 1.60. The van der Waals surface area contributed by atoms with Gasteiger partial charge in [0.15, 0.2) is 0 Å². The van der Waals surface area contributed by atoms with E-state index in [1.807, 2.05) is 0 Å². The van der Waals surface area contributed by atoms with Crippen LogP contribution in [0.5, 0.6) is 0 Å². The third kappa shape index (κ3) is 3.70. The fraction of sp³-hybridized carbons (Fsp3) is 0.556. The predicted octanol–water partition coefficient (Wildman–Crippen LogP) is 2.25. The second-order valence-corrected chi connectivity index (χ2v) is 7.01.